The molecule has 254 valence electrons. The second kappa shape index (κ2) is 13.9. The van der Waals surface area contributed by atoms with Crippen LogP contribution in [0.25, 0.3) is 16.8 Å². The van der Waals surface area contributed by atoms with Crippen LogP contribution < -0.4 is 10.5 Å². The lowest BCUT2D eigenvalue weighted by atomic mass is 9.94. The molecule has 0 radical (unpaired) electrons. The Morgan fingerprint density at radius 1 is 1.06 bits per heavy atom. The third-order valence-corrected chi connectivity index (χ3v) is 9.23. The number of para-hydroxylation sites is 1. The zero-order chi connectivity index (χ0) is 34.7. The topological polar surface area (TPSA) is 142 Å². The number of ether oxygens (including phenoxy) is 2. The summed E-state index contributed by atoms with van der Waals surface area (Å²) < 4.78 is 28.2. The van der Waals surface area contributed by atoms with Gasteiger partial charge in [-0.2, -0.15) is 5.26 Å². The van der Waals surface area contributed by atoms with E-state index in [1.54, 1.807) is 52.5 Å². The molecule has 2 aromatic heterocycles. The largest absolute Gasteiger partial charge is 0.457 e. The number of nitrogen functional groups attached to an aromatic ring is 1. The van der Waals surface area contributed by atoms with Crippen LogP contribution >= 0.6 is 0 Å². The van der Waals surface area contributed by atoms with E-state index in [1.807, 2.05) is 36.4 Å². The van der Waals surface area contributed by atoms with Crippen molar-refractivity contribution in [3.05, 3.63) is 84.2 Å². The molecule has 49 heavy (non-hydrogen) atoms. The Labute approximate surface area is 284 Å². The van der Waals surface area contributed by atoms with E-state index in [9.17, 15) is 14.9 Å². The summed E-state index contributed by atoms with van der Waals surface area (Å²) in [5, 5.41) is 10.1. The van der Waals surface area contributed by atoms with Crippen molar-refractivity contribution in [3.8, 4) is 28.8 Å². The SMILES string of the molecule is COC(=O)N1CCN(C(C)(C)C=C(C#N)C(=O)N2CCCC(c3nc(-c4ccc(Oc5ccccc5)cc4F)c4c(N)nccn34)C2)CC1. The van der Waals surface area contributed by atoms with Gasteiger partial charge in [0.05, 0.1) is 7.11 Å². The van der Waals surface area contributed by atoms with Crippen LogP contribution in [0.4, 0.5) is 15.0 Å². The molecule has 1 atom stereocenters. The zero-order valence-corrected chi connectivity index (χ0v) is 27.8. The summed E-state index contributed by atoms with van der Waals surface area (Å²) in [6.07, 6.45) is 6.09. The van der Waals surface area contributed by atoms with Crippen molar-refractivity contribution in [2.75, 3.05) is 52.1 Å². The lowest BCUT2D eigenvalue weighted by Gasteiger charge is -2.42. The highest BCUT2D eigenvalue weighted by Gasteiger charge is 2.34. The van der Waals surface area contributed by atoms with Gasteiger partial charge >= 0.3 is 6.09 Å². The first-order valence-corrected chi connectivity index (χ1v) is 16.2. The maximum Gasteiger partial charge on any atom is 0.409 e. The van der Waals surface area contributed by atoms with Crippen molar-refractivity contribution in [2.45, 2.75) is 38.1 Å². The van der Waals surface area contributed by atoms with Crippen molar-refractivity contribution >= 4 is 23.3 Å². The quantitative estimate of drug-likeness (QED) is 0.207. The molecule has 2 aliphatic rings. The van der Waals surface area contributed by atoms with E-state index in [2.05, 4.69) is 16.0 Å². The molecule has 0 spiro atoms. The highest BCUT2D eigenvalue weighted by atomic mass is 19.1. The van der Waals surface area contributed by atoms with Gasteiger partial charge in [0.2, 0.25) is 0 Å². The molecule has 12 nitrogen and oxygen atoms in total. The molecule has 2 amide bonds. The number of hydrogen-bond acceptors (Lipinski definition) is 9. The maximum atomic E-state index is 15.7. The number of anilines is 1. The van der Waals surface area contributed by atoms with Crippen LogP contribution in [-0.4, -0.2) is 93.0 Å². The van der Waals surface area contributed by atoms with Crippen molar-refractivity contribution < 1.29 is 23.5 Å². The Balaban J connectivity index is 1.23. The number of hydrogen-bond donors (Lipinski definition) is 1. The minimum Gasteiger partial charge on any atom is -0.457 e. The second-order valence-electron chi connectivity index (χ2n) is 12.8. The number of imidazole rings is 1. The smallest absolute Gasteiger partial charge is 0.409 e. The highest BCUT2D eigenvalue weighted by molar-refractivity contribution is 5.97. The summed E-state index contributed by atoms with van der Waals surface area (Å²) >= 11 is 0. The van der Waals surface area contributed by atoms with Gasteiger partial charge in [0, 0.05) is 74.7 Å². The average molecular weight is 667 g/mol. The fraction of sp³-hybridized carbons (Fsp3) is 0.361. The molecule has 2 aliphatic heterocycles. The van der Waals surface area contributed by atoms with E-state index in [0.717, 1.165) is 6.42 Å². The highest BCUT2D eigenvalue weighted by Crippen LogP contribution is 2.36. The number of aromatic nitrogens is 3. The van der Waals surface area contributed by atoms with Crippen LogP contribution in [0.2, 0.25) is 0 Å². The molecule has 4 heterocycles. The van der Waals surface area contributed by atoms with Gasteiger partial charge < -0.3 is 25.0 Å². The van der Waals surface area contributed by atoms with E-state index >= 15 is 4.39 Å². The lowest BCUT2D eigenvalue weighted by molar-refractivity contribution is -0.128. The number of nitrogens with two attached hydrogens (primary N) is 1. The van der Waals surface area contributed by atoms with Gasteiger partial charge in [0.15, 0.2) is 0 Å². The third kappa shape index (κ3) is 6.91. The normalized spacial score (nSPS) is 17.5. The molecule has 2 aromatic carbocycles. The number of carbonyl (C=O) groups is 2. The summed E-state index contributed by atoms with van der Waals surface area (Å²) in [4.78, 5) is 40.4. The molecule has 2 fully saturated rings. The van der Waals surface area contributed by atoms with Crippen LogP contribution in [0.3, 0.4) is 0 Å². The maximum absolute atomic E-state index is 15.7. The molecule has 0 bridgehead atoms. The first-order chi connectivity index (χ1) is 23.6. The number of methoxy groups -OCH3 is 1. The van der Waals surface area contributed by atoms with Crippen LogP contribution in [0.1, 0.15) is 38.4 Å². The van der Waals surface area contributed by atoms with Crippen LogP contribution in [0, 0.1) is 17.1 Å². The molecular weight excluding hydrogens is 627 g/mol. The van der Waals surface area contributed by atoms with Crippen LogP contribution in [0.15, 0.2) is 72.6 Å². The van der Waals surface area contributed by atoms with Gasteiger partial charge in [0.1, 0.15) is 51.8 Å². The van der Waals surface area contributed by atoms with Crippen molar-refractivity contribution in [3.63, 3.8) is 0 Å². The molecule has 2 N–H and O–H groups in total. The molecule has 0 saturated carbocycles. The summed E-state index contributed by atoms with van der Waals surface area (Å²) in [6, 6.07) is 15.9. The van der Waals surface area contributed by atoms with Crippen molar-refractivity contribution in [1.82, 2.24) is 29.1 Å². The predicted molar refractivity (Wildman–Crippen MR) is 181 cm³/mol. The van der Waals surface area contributed by atoms with Gasteiger partial charge in [-0.15, -0.1) is 0 Å². The number of piperidine rings is 1. The monoisotopic (exact) mass is 666 g/mol. The molecule has 6 rings (SSSR count). The fourth-order valence-corrected chi connectivity index (χ4v) is 6.66. The van der Waals surface area contributed by atoms with Crippen molar-refractivity contribution in [1.29, 1.82) is 5.26 Å². The summed E-state index contributed by atoms with van der Waals surface area (Å²) in [5.41, 5.74) is 6.86. The number of fused-ring (bicyclic) bond motifs is 1. The third-order valence-electron chi connectivity index (χ3n) is 9.23. The van der Waals surface area contributed by atoms with E-state index < -0.39 is 11.4 Å². The van der Waals surface area contributed by atoms with Gasteiger partial charge in [-0.05, 0) is 57.0 Å². The molecule has 4 aromatic rings. The number of amides is 2. The van der Waals surface area contributed by atoms with Gasteiger partial charge in [-0.1, -0.05) is 18.2 Å². The van der Waals surface area contributed by atoms with Gasteiger partial charge in [-0.3, -0.25) is 14.1 Å². The number of likely N-dealkylation sites (tertiary alicyclic amines) is 1. The number of rotatable bonds is 7. The summed E-state index contributed by atoms with van der Waals surface area (Å²) in [5.74, 6) is 0.684. The Hall–Kier alpha value is -5.48. The fourth-order valence-electron chi connectivity index (χ4n) is 6.66. The molecule has 1 unspecified atom stereocenters. The molecule has 13 heteroatoms. The molecular formula is C36H39FN8O4. The van der Waals surface area contributed by atoms with Crippen LogP contribution in [0.5, 0.6) is 11.5 Å². The van der Waals surface area contributed by atoms with Gasteiger partial charge in [0.25, 0.3) is 5.91 Å². The number of carbonyl (C=O) groups excluding carboxylic acids is 2. The lowest BCUT2D eigenvalue weighted by Crippen LogP contribution is -2.55. The number of nitriles is 1. The number of benzene rings is 2. The van der Waals surface area contributed by atoms with Gasteiger partial charge in [-0.25, -0.2) is 19.2 Å². The van der Waals surface area contributed by atoms with E-state index in [1.165, 1.54) is 13.2 Å². The molecule has 0 aliphatic carbocycles. The Bertz CT molecular complexity index is 1930. The van der Waals surface area contributed by atoms with E-state index in [-0.39, 0.29) is 34.9 Å². The number of nitrogens with zero attached hydrogens (tertiary/aromatic N) is 7. The standard InChI is InChI=1S/C36H39FN8O4/c1-36(2,44-18-16-42(17-19-44)35(47)48-3)21-25(22-38)34(46)43-14-7-8-24(23-43)33-41-30(31-32(39)40-13-15-45(31)33)28-12-11-27(20-29(28)37)49-26-9-5-4-6-10-26/h4-6,9-13,15,20-21,24H,7-8,14,16-19,23H2,1-3H3,(H2,39,40). The molecule has 2 saturated heterocycles. The second-order valence-corrected chi connectivity index (χ2v) is 12.8. The number of piperazine rings is 1. The van der Waals surface area contributed by atoms with E-state index in [4.69, 9.17) is 20.2 Å². The summed E-state index contributed by atoms with van der Waals surface area (Å²) in [7, 11) is 1.36. The van der Waals surface area contributed by atoms with Crippen LogP contribution in [-0.2, 0) is 9.53 Å². The Morgan fingerprint density at radius 3 is 2.51 bits per heavy atom. The Kier molecular flexibility index (Phi) is 9.51. The van der Waals surface area contributed by atoms with Crippen molar-refractivity contribution in [2.24, 2.45) is 0 Å². The van der Waals surface area contributed by atoms with E-state index in [0.29, 0.717) is 74.2 Å². The number of halogens is 1. The first-order valence-electron chi connectivity index (χ1n) is 16.2. The zero-order valence-electron chi connectivity index (χ0n) is 27.8. The Morgan fingerprint density at radius 2 is 1.82 bits per heavy atom. The summed E-state index contributed by atoms with van der Waals surface area (Å²) in [6.45, 7) is 6.86. The predicted octanol–water partition coefficient (Wildman–Crippen LogP) is 5.23. The minimum absolute atomic E-state index is 0.0584. The minimum atomic E-state index is -0.609. The average Bonchev–Trinajstić information content (AvgIpc) is 3.51. The first kappa shape index (κ1) is 33.4.